The Morgan fingerprint density at radius 3 is 2.82 bits per heavy atom. The summed E-state index contributed by atoms with van der Waals surface area (Å²) in [5, 5.41) is 10.3. The highest BCUT2D eigenvalue weighted by atomic mass is 35.5. The number of carbonyl (C=O) groups excluding carboxylic acids is 1. The molecule has 4 unspecified atom stereocenters. The van der Waals surface area contributed by atoms with E-state index in [1.165, 1.54) is 25.7 Å². The van der Waals surface area contributed by atoms with Gasteiger partial charge in [0.15, 0.2) is 0 Å². The number of aromatic nitrogens is 2. The van der Waals surface area contributed by atoms with Crippen molar-refractivity contribution in [2.75, 3.05) is 13.6 Å². The van der Waals surface area contributed by atoms with Gasteiger partial charge in [0.25, 0.3) is 0 Å². The number of hydrogen-bond acceptors (Lipinski definition) is 3. The second kappa shape index (κ2) is 7.47. The van der Waals surface area contributed by atoms with Crippen LogP contribution in [-0.2, 0) is 11.8 Å². The van der Waals surface area contributed by atoms with Crippen molar-refractivity contribution in [3.63, 3.8) is 0 Å². The Morgan fingerprint density at radius 1 is 1.45 bits per heavy atom. The van der Waals surface area contributed by atoms with Crippen molar-refractivity contribution in [2.24, 2.45) is 24.8 Å². The normalized spacial score (nSPS) is 27.5. The van der Waals surface area contributed by atoms with Gasteiger partial charge in [-0.3, -0.25) is 9.48 Å². The Balaban J connectivity index is 0.00000176. The quantitative estimate of drug-likeness (QED) is 0.841. The SMILES string of the molecule is CNC(C(=O)NCCC1CC2CCC1C2)c1cnn(C)c1.Cl. The number of fused-ring (bicyclic) bond motifs is 2. The Morgan fingerprint density at radius 2 is 2.27 bits per heavy atom. The van der Waals surface area contributed by atoms with Crippen molar-refractivity contribution in [1.82, 2.24) is 20.4 Å². The Bertz CT molecular complexity index is 504. The molecule has 2 aliphatic rings. The maximum Gasteiger partial charge on any atom is 0.241 e. The van der Waals surface area contributed by atoms with Crippen molar-refractivity contribution >= 4 is 18.3 Å². The molecule has 124 valence electrons. The summed E-state index contributed by atoms with van der Waals surface area (Å²) in [6.07, 6.45) is 10.4. The third kappa shape index (κ3) is 3.63. The standard InChI is InChI=1S/C16H26N4O.ClH/c1-17-15(14-9-19-20(2)10-14)16(21)18-6-5-13-8-11-3-4-12(13)7-11;/h9-13,15,17H,3-8H2,1-2H3,(H,18,21);1H. The molecule has 3 rings (SSSR count). The van der Waals surface area contributed by atoms with Crippen molar-refractivity contribution in [3.8, 4) is 0 Å². The summed E-state index contributed by atoms with van der Waals surface area (Å²) in [5.74, 6) is 2.81. The van der Waals surface area contributed by atoms with E-state index in [1.54, 1.807) is 10.9 Å². The van der Waals surface area contributed by atoms with Gasteiger partial charge in [-0.2, -0.15) is 5.10 Å². The van der Waals surface area contributed by atoms with Gasteiger partial charge in [0, 0.05) is 25.4 Å². The van der Waals surface area contributed by atoms with E-state index in [1.807, 2.05) is 20.3 Å². The third-order valence-electron chi connectivity index (χ3n) is 5.31. The molecule has 22 heavy (non-hydrogen) atoms. The van der Waals surface area contributed by atoms with Crippen LogP contribution >= 0.6 is 12.4 Å². The fraction of sp³-hybridized carbons (Fsp3) is 0.750. The van der Waals surface area contributed by atoms with Crippen LogP contribution in [0.15, 0.2) is 12.4 Å². The van der Waals surface area contributed by atoms with Crippen molar-refractivity contribution in [3.05, 3.63) is 18.0 Å². The number of nitrogens with zero attached hydrogens (tertiary/aromatic N) is 2. The van der Waals surface area contributed by atoms with Gasteiger partial charge in [-0.15, -0.1) is 12.4 Å². The van der Waals surface area contributed by atoms with Crippen LogP contribution in [-0.4, -0.2) is 29.3 Å². The van der Waals surface area contributed by atoms with Gasteiger partial charge in [-0.25, -0.2) is 0 Å². The summed E-state index contributed by atoms with van der Waals surface area (Å²) in [7, 11) is 3.68. The van der Waals surface area contributed by atoms with E-state index < -0.39 is 0 Å². The molecule has 0 aliphatic heterocycles. The molecule has 2 saturated carbocycles. The van der Waals surface area contributed by atoms with Crippen LogP contribution < -0.4 is 10.6 Å². The molecule has 2 aliphatic carbocycles. The summed E-state index contributed by atoms with van der Waals surface area (Å²) in [4.78, 5) is 12.3. The molecule has 2 N–H and O–H groups in total. The number of rotatable bonds is 6. The molecule has 1 heterocycles. The zero-order valence-corrected chi connectivity index (χ0v) is 14.2. The van der Waals surface area contributed by atoms with E-state index in [0.717, 1.165) is 36.3 Å². The van der Waals surface area contributed by atoms with Gasteiger partial charge in [0.2, 0.25) is 5.91 Å². The summed E-state index contributed by atoms with van der Waals surface area (Å²) in [5.41, 5.74) is 0.914. The topological polar surface area (TPSA) is 59.0 Å². The van der Waals surface area contributed by atoms with Gasteiger partial charge in [-0.1, -0.05) is 6.42 Å². The second-order valence-corrected chi connectivity index (χ2v) is 6.68. The average Bonchev–Trinajstić information content (AvgIpc) is 3.17. The lowest BCUT2D eigenvalue weighted by atomic mass is 9.86. The summed E-state index contributed by atoms with van der Waals surface area (Å²) < 4.78 is 1.72. The molecular weight excluding hydrogens is 300 g/mol. The van der Waals surface area contributed by atoms with E-state index in [9.17, 15) is 4.79 Å². The Labute approximate surface area is 138 Å². The molecule has 2 bridgehead atoms. The highest BCUT2D eigenvalue weighted by Gasteiger charge is 2.38. The molecule has 2 fully saturated rings. The maximum atomic E-state index is 12.3. The van der Waals surface area contributed by atoms with E-state index >= 15 is 0 Å². The fourth-order valence-electron chi connectivity index (χ4n) is 4.25. The predicted molar refractivity (Wildman–Crippen MR) is 88.8 cm³/mol. The van der Waals surface area contributed by atoms with E-state index in [0.29, 0.717) is 0 Å². The zero-order chi connectivity index (χ0) is 14.8. The molecule has 0 aromatic carbocycles. The lowest BCUT2D eigenvalue weighted by molar-refractivity contribution is -0.123. The van der Waals surface area contributed by atoms with E-state index in [4.69, 9.17) is 0 Å². The first-order valence-electron chi connectivity index (χ1n) is 8.11. The van der Waals surface area contributed by atoms with Crippen LogP contribution in [0.1, 0.15) is 43.7 Å². The monoisotopic (exact) mass is 326 g/mol. The Hall–Kier alpha value is -1.07. The van der Waals surface area contributed by atoms with Gasteiger partial charge >= 0.3 is 0 Å². The largest absolute Gasteiger partial charge is 0.354 e. The van der Waals surface area contributed by atoms with Crippen LogP contribution in [0, 0.1) is 17.8 Å². The summed E-state index contributed by atoms with van der Waals surface area (Å²) >= 11 is 0. The van der Waals surface area contributed by atoms with Crippen molar-refractivity contribution < 1.29 is 4.79 Å². The molecular formula is C16H27ClN4O. The average molecular weight is 327 g/mol. The summed E-state index contributed by atoms with van der Waals surface area (Å²) in [6.45, 7) is 0.797. The highest BCUT2D eigenvalue weighted by Crippen LogP contribution is 2.49. The van der Waals surface area contributed by atoms with Gasteiger partial charge in [0.1, 0.15) is 6.04 Å². The third-order valence-corrected chi connectivity index (χ3v) is 5.31. The first kappa shape index (κ1) is 17.3. The van der Waals surface area contributed by atoms with Gasteiger partial charge in [-0.05, 0) is 50.5 Å². The molecule has 6 heteroatoms. The molecule has 5 nitrogen and oxygen atoms in total. The van der Waals surface area contributed by atoms with Crippen LogP contribution in [0.25, 0.3) is 0 Å². The minimum atomic E-state index is -0.307. The van der Waals surface area contributed by atoms with Crippen molar-refractivity contribution in [1.29, 1.82) is 0 Å². The molecule has 0 spiro atoms. The van der Waals surface area contributed by atoms with Crippen LogP contribution in [0.5, 0.6) is 0 Å². The second-order valence-electron chi connectivity index (χ2n) is 6.68. The number of halogens is 1. The number of amides is 1. The van der Waals surface area contributed by atoms with Gasteiger partial charge in [0.05, 0.1) is 6.20 Å². The predicted octanol–water partition coefficient (Wildman–Crippen LogP) is 2.04. The lowest BCUT2D eigenvalue weighted by Crippen LogP contribution is -2.37. The Kier molecular flexibility index (Phi) is 5.87. The number of carbonyl (C=O) groups is 1. The van der Waals surface area contributed by atoms with E-state index in [2.05, 4.69) is 15.7 Å². The van der Waals surface area contributed by atoms with Crippen LogP contribution in [0.4, 0.5) is 0 Å². The van der Waals surface area contributed by atoms with Crippen LogP contribution in [0.3, 0.4) is 0 Å². The number of aryl methyl sites for hydroxylation is 1. The minimum absolute atomic E-state index is 0. The molecule has 1 aromatic rings. The first-order chi connectivity index (χ1) is 10.2. The molecule has 4 atom stereocenters. The number of nitrogens with one attached hydrogen (secondary N) is 2. The summed E-state index contributed by atoms with van der Waals surface area (Å²) in [6, 6.07) is -0.307. The molecule has 1 amide bonds. The fourth-order valence-corrected chi connectivity index (χ4v) is 4.25. The first-order valence-corrected chi connectivity index (χ1v) is 8.11. The smallest absolute Gasteiger partial charge is 0.241 e. The molecule has 1 aromatic heterocycles. The molecule has 0 saturated heterocycles. The number of hydrogen-bond donors (Lipinski definition) is 2. The zero-order valence-electron chi connectivity index (χ0n) is 13.4. The van der Waals surface area contributed by atoms with Crippen molar-refractivity contribution in [2.45, 2.75) is 38.1 Å². The van der Waals surface area contributed by atoms with Crippen LogP contribution in [0.2, 0.25) is 0 Å². The lowest BCUT2D eigenvalue weighted by Gasteiger charge is -2.22. The highest BCUT2D eigenvalue weighted by molar-refractivity contribution is 5.85. The molecule has 0 radical (unpaired) electrons. The van der Waals surface area contributed by atoms with Gasteiger partial charge < -0.3 is 10.6 Å². The minimum Gasteiger partial charge on any atom is -0.354 e. The number of likely N-dealkylation sites (N-methyl/N-ethyl adjacent to an activating group) is 1. The maximum absolute atomic E-state index is 12.3. The van der Waals surface area contributed by atoms with E-state index in [-0.39, 0.29) is 24.4 Å².